The van der Waals surface area contributed by atoms with Gasteiger partial charge in [0, 0.05) is 12.1 Å². The van der Waals surface area contributed by atoms with Crippen molar-refractivity contribution in [3.63, 3.8) is 0 Å². The summed E-state index contributed by atoms with van der Waals surface area (Å²) in [5.74, 6) is 2.24. The molecule has 6 heteroatoms. The minimum Gasteiger partial charge on any atom is -0.445 e. The van der Waals surface area contributed by atoms with Crippen molar-refractivity contribution >= 4 is 12.4 Å². The summed E-state index contributed by atoms with van der Waals surface area (Å²) < 4.78 is 37.9. The third-order valence-corrected chi connectivity index (χ3v) is 2.25. The molecule has 80 valence electrons. The predicted octanol–water partition coefficient (Wildman–Crippen LogP) is -1.51. The average molecular weight is 251 g/mol. The van der Waals surface area contributed by atoms with Gasteiger partial charge in [0.2, 0.25) is 0 Å². The van der Waals surface area contributed by atoms with Gasteiger partial charge in [-0.05, 0) is 18.6 Å². The summed E-state index contributed by atoms with van der Waals surface area (Å²) in [7, 11) is 0. The van der Waals surface area contributed by atoms with Crippen LogP contribution in [0.25, 0.3) is 0 Å². The summed E-state index contributed by atoms with van der Waals surface area (Å²) in [5.41, 5.74) is 5.42. The van der Waals surface area contributed by atoms with Gasteiger partial charge in [0.25, 0.3) is 0 Å². The topological polar surface area (TPSA) is 26.0 Å². The molecule has 0 bridgehead atoms. The van der Waals surface area contributed by atoms with E-state index in [0.29, 0.717) is 5.56 Å². The van der Waals surface area contributed by atoms with Crippen molar-refractivity contribution in [1.82, 2.24) is 0 Å². The SMILES string of the molecule is C#Cc1cc(CN)cc([B-](F)(F)F)c1C.[K+]. The molecule has 0 atom stereocenters. The van der Waals surface area contributed by atoms with Gasteiger partial charge in [-0.1, -0.05) is 17.6 Å². The normalized spacial score (nSPS) is 10.5. The Hall–Kier alpha value is 0.231. The second-order valence-electron chi connectivity index (χ2n) is 3.28. The maximum Gasteiger partial charge on any atom is 1.00 e. The maximum atomic E-state index is 12.6. The summed E-state index contributed by atoms with van der Waals surface area (Å²) in [5, 5.41) is 0. The molecule has 0 amide bonds. The number of benzene rings is 1. The number of halogens is 3. The van der Waals surface area contributed by atoms with E-state index in [4.69, 9.17) is 12.2 Å². The zero-order chi connectivity index (χ0) is 11.6. The van der Waals surface area contributed by atoms with Crippen LogP contribution in [0.4, 0.5) is 12.9 Å². The summed E-state index contributed by atoms with van der Waals surface area (Å²) in [4.78, 5) is 0. The van der Waals surface area contributed by atoms with E-state index in [1.807, 2.05) is 0 Å². The van der Waals surface area contributed by atoms with Crippen LogP contribution in [0.5, 0.6) is 0 Å². The van der Waals surface area contributed by atoms with Gasteiger partial charge in [0.15, 0.2) is 0 Å². The second kappa shape index (κ2) is 6.24. The molecule has 0 heterocycles. The fourth-order valence-corrected chi connectivity index (χ4v) is 1.41. The van der Waals surface area contributed by atoms with E-state index >= 15 is 0 Å². The first kappa shape index (κ1) is 16.2. The van der Waals surface area contributed by atoms with Crippen molar-refractivity contribution in [2.24, 2.45) is 5.73 Å². The van der Waals surface area contributed by atoms with Gasteiger partial charge in [-0.15, -0.1) is 11.9 Å². The standard InChI is InChI=1S/C10H10BF3N.K/c1-3-9-4-8(6-15)5-10(7(9)2)11(12,13)14;/h1,4-5H,6,15H2,2H3;/q-1;+1. The van der Waals surface area contributed by atoms with Crippen molar-refractivity contribution in [3.8, 4) is 12.3 Å². The molecule has 0 saturated heterocycles. The molecule has 0 aliphatic rings. The van der Waals surface area contributed by atoms with Crippen LogP contribution in [-0.4, -0.2) is 6.98 Å². The van der Waals surface area contributed by atoms with Gasteiger partial charge in [-0.3, -0.25) is 0 Å². The van der Waals surface area contributed by atoms with Gasteiger partial charge in [0.1, 0.15) is 0 Å². The van der Waals surface area contributed by atoms with E-state index in [1.54, 1.807) is 0 Å². The van der Waals surface area contributed by atoms with Crippen LogP contribution in [0.2, 0.25) is 0 Å². The summed E-state index contributed by atoms with van der Waals surface area (Å²) >= 11 is 0. The molecule has 16 heavy (non-hydrogen) atoms. The second-order valence-corrected chi connectivity index (χ2v) is 3.28. The van der Waals surface area contributed by atoms with Gasteiger partial charge in [0.05, 0.1) is 0 Å². The van der Waals surface area contributed by atoms with E-state index in [1.165, 1.54) is 13.0 Å². The molecule has 0 radical (unpaired) electrons. The Morgan fingerprint density at radius 2 is 1.94 bits per heavy atom. The van der Waals surface area contributed by atoms with Crippen molar-refractivity contribution in [3.05, 3.63) is 28.8 Å². The van der Waals surface area contributed by atoms with Crippen molar-refractivity contribution in [2.45, 2.75) is 13.5 Å². The zero-order valence-electron chi connectivity index (χ0n) is 9.23. The number of hydrogen-bond donors (Lipinski definition) is 1. The van der Waals surface area contributed by atoms with E-state index < -0.39 is 12.4 Å². The van der Waals surface area contributed by atoms with Gasteiger partial charge in [-0.2, -0.15) is 0 Å². The molecular weight excluding hydrogens is 241 g/mol. The summed E-state index contributed by atoms with van der Waals surface area (Å²) in [6.45, 7) is -3.61. The Balaban J connectivity index is 0.00000225. The molecule has 1 nitrogen and oxygen atoms in total. The average Bonchev–Trinajstić information content (AvgIpc) is 2.16. The minimum absolute atomic E-state index is 0. The summed E-state index contributed by atoms with van der Waals surface area (Å²) in [6, 6.07) is 2.58. The van der Waals surface area contributed by atoms with Crippen molar-refractivity contribution < 1.29 is 64.3 Å². The summed E-state index contributed by atoms with van der Waals surface area (Å²) in [6.07, 6.45) is 5.14. The van der Waals surface area contributed by atoms with Crippen LogP contribution in [0, 0.1) is 19.3 Å². The van der Waals surface area contributed by atoms with Gasteiger partial charge >= 0.3 is 58.4 Å². The molecule has 2 N–H and O–H groups in total. The van der Waals surface area contributed by atoms with Crippen LogP contribution in [0.15, 0.2) is 12.1 Å². The fourth-order valence-electron chi connectivity index (χ4n) is 1.41. The smallest absolute Gasteiger partial charge is 0.445 e. The van der Waals surface area contributed by atoms with Crippen molar-refractivity contribution in [2.75, 3.05) is 0 Å². The predicted molar refractivity (Wildman–Crippen MR) is 55.7 cm³/mol. The Morgan fingerprint density at radius 3 is 2.31 bits per heavy atom. The third kappa shape index (κ3) is 3.62. The van der Waals surface area contributed by atoms with Crippen LogP contribution in [0.3, 0.4) is 0 Å². The Kier molecular flexibility index (Phi) is 6.33. The zero-order valence-corrected chi connectivity index (χ0v) is 12.4. The molecule has 0 aliphatic carbocycles. The molecular formula is C10H10BF3KN. The third-order valence-electron chi connectivity index (χ3n) is 2.25. The number of hydrogen-bond acceptors (Lipinski definition) is 1. The molecule has 0 aliphatic heterocycles. The molecule has 1 aromatic rings. The van der Waals surface area contributed by atoms with Crippen molar-refractivity contribution in [1.29, 1.82) is 0 Å². The monoisotopic (exact) mass is 251 g/mol. The Morgan fingerprint density at radius 1 is 1.38 bits per heavy atom. The van der Waals surface area contributed by atoms with Crippen LogP contribution in [-0.2, 0) is 6.54 Å². The van der Waals surface area contributed by atoms with Crippen LogP contribution < -0.4 is 62.6 Å². The van der Waals surface area contributed by atoms with E-state index in [9.17, 15) is 12.9 Å². The molecule has 1 aromatic carbocycles. The largest absolute Gasteiger partial charge is 1.00 e. The molecule has 0 fully saturated rings. The van der Waals surface area contributed by atoms with E-state index in [0.717, 1.165) is 6.07 Å². The van der Waals surface area contributed by atoms with Crippen LogP contribution >= 0.6 is 0 Å². The number of terminal acetylenes is 1. The Labute approximate surface area is 135 Å². The number of rotatable bonds is 2. The fraction of sp³-hybridized carbons (Fsp3) is 0.200. The molecule has 0 saturated carbocycles. The van der Waals surface area contributed by atoms with Gasteiger partial charge in [-0.25, -0.2) is 0 Å². The van der Waals surface area contributed by atoms with E-state index in [-0.39, 0.29) is 69.1 Å². The van der Waals surface area contributed by atoms with Crippen LogP contribution in [0.1, 0.15) is 16.7 Å². The first-order valence-corrected chi connectivity index (χ1v) is 4.40. The van der Waals surface area contributed by atoms with Gasteiger partial charge < -0.3 is 18.7 Å². The Bertz CT molecular complexity index is 423. The molecule has 0 unspecified atom stereocenters. The quantitative estimate of drug-likeness (QED) is 0.502. The molecule has 1 rings (SSSR count). The maximum absolute atomic E-state index is 12.6. The first-order chi connectivity index (χ1) is 6.90. The first-order valence-electron chi connectivity index (χ1n) is 4.40. The molecule has 0 spiro atoms. The van der Waals surface area contributed by atoms with E-state index in [2.05, 4.69) is 5.92 Å². The minimum atomic E-state index is -5.03. The molecule has 0 aromatic heterocycles. The number of nitrogens with two attached hydrogens (primary N) is 1.